The smallest absolute Gasteiger partial charge is 0.429 e. The largest absolute Gasteiger partial charge is 0.429 e. The van der Waals surface area contributed by atoms with E-state index in [1.165, 1.54) is 6.07 Å². The van der Waals surface area contributed by atoms with Gasteiger partial charge >= 0.3 is 18.4 Å². The maximum atomic E-state index is 15.0. The van der Waals surface area contributed by atoms with Gasteiger partial charge in [0, 0.05) is 18.2 Å². The van der Waals surface area contributed by atoms with E-state index in [4.69, 9.17) is 0 Å². The van der Waals surface area contributed by atoms with Crippen LogP contribution in [0.2, 0.25) is 0 Å². The third kappa shape index (κ3) is 9.66. The molecule has 0 atom stereocenters. The third-order valence-corrected chi connectivity index (χ3v) is 7.68. The summed E-state index contributed by atoms with van der Waals surface area (Å²) in [6, 6.07) is 7.91. The van der Waals surface area contributed by atoms with E-state index >= 15 is 0 Å². The van der Waals surface area contributed by atoms with Crippen molar-refractivity contribution in [1.82, 2.24) is 0 Å². The van der Waals surface area contributed by atoms with Crippen molar-refractivity contribution >= 4 is 0 Å². The SMILES string of the molecule is CCCCCCCCCc1ccc(C(F)(F)Oc2cc(F)c(-c3ccc(C(F)(F)Oc4ccc(C(F)(F)F)c(F)c4)cc3)c(F)c2)c(F)c1. The van der Waals surface area contributed by atoms with Gasteiger partial charge in [0.2, 0.25) is 0 Å². The molecular formula is C36H31F11O2. The van der Waals surface area contributed by atoms with Crippen LogP contribution in [0, 0.1) is 23.3 Å². The van der Waals surface area contributed by atoms with Crippen LogP contribution in [0.4, 0.5) is 48.3 Å². The lowest BCUT2D eigenvalue weighted by Gasteiger charge is -2.20. The van der Waals surface area contributed by atoms with Gasteiger partial charge in [-0.2, -0.15) is 30.7 Å². The minimum Gasteiger partial charge on any atom is -0.429 e. The van der Waals surface area contributed by atoms with Crippen LogP contribution in [-0.2, 0) is 24.8 Å². The van der Waals surface area contributed by atoms with Crippen molar-refractivity contribution in [2.75, 3.05) is 0 Å². The van der Waals surface area contributed by atoms with E-state index in [2.05, 4.69) is 16.4 Å². The Hall–Kier alpha value is -4.29. The van der Waals surface area contributed by atoms with Gasteiger partial charge < -0.3 is 9.47 Å². The molecule has 13 heteroatoms. The minimum atomic E-state index is -5.06. The molecule has 264 valence electrons. The fourth-order valence-electron chi connectivity index (χ4n) is 5.15. The molecule has 2 nitrogen and oxygen atoms in total. The quantitative estimate of drug-likeness (QED) is 0.0906. The average Bonchev–Trinajstić information content (AvgIpc) is 2.99. The predicted molar refractivity (Wildman–Crippen MR) is 160 cm³/mol. The van der Waals surface area contributed by atoms with Gasteiger partial charge in [0.1, 0.15) is 34.8 Å². The molecule has 0 amide bonds. The zero-order valence-corrected chi connectivity index (χ0v) is 26.1. The van der Waals surface area contributed by atoms with Crippen LogP contribution in [-0.4, -0.2) is 0 Å². The van der Waals surface area contributed by atoms with E-state index in [1.807, 2.05) is 0 Å². The summed E-state index contributed by atoms with van der Waals surface area (Å²) in [4.78, 5) is 0. The molecule has 0 unspecified atom stereocenters. The molecule has 0 saturated heterocycles. The molecule has 0 heterocycles. The average molecular weight is 705 g/mol. The highest BCUT2D eigenvalue weighted by atomic mass is 19.4. The van der Waals surface area contributed by atoms with Crippen LogP contribution >= 0.6 is 0 Å². The standard InChI is InChI=1S/C36H31F11O2/c1-2-3-4-5-6-7-8-9-22-10-16-28(29(37)18-22)36(46,47)49-26-20-31(39)33(32(40)21-26)23-11-13-24(14-12-23)35(44,45)48-25-15-17-27(30(38)19-25)34(41,42)43/h10-21H,2-9H2,1H3. The van der Waals surface area contributed by atoms with E-state index < -0.39 is 75.4 Å². The van der Waals surface area contributed by atoms with Crippen LogP contribution in [0.15, 0.2) is 72.8 Å². The molecule has 0 saturated carbocycles. The molecule has 0 spiro atoms. The topological polar surface area (TPSA) is 18.5 Å². The number of rotatable bonds is 15. The first-order valence-corrected chi connectivity index (χ1v) is 15.4. The fourth-order valence-corrected chi connectivity index (χ4v) is 5.15. The maximum absolute atomic E-state index is 15.0. The maximum Gasteiger partial charge on any atom is 0.429 e. The molecule has 0 aliphatic heterocycles. The van der Waals surface area contributed by atoms with Crippen LogP contribution in [0.1, 0.15) is 74.1 Å². The van der Waals surface area contributed by atoms with E-state index in [-0.39, 0.29) is 17.7 Å². The predicted octanol–water partition coefficient (Wildman–Crippen LogP) is 12.5. The number of aryl methyl sites for hydroxylation is 1. The Balaban J connectivity index is 1.43. The molecule has 0 aromatic heterocycles. The number of ether oxygens (including phenoxy) is 2. The number of unbranched alkanes of at least 4 members (excludes halogenated alkanes) is 6. The Morgan fingerprint density at radius 2 is 1.04 bits per heavy atom. The lowest BCUT2D eigenvalue weighted by Crippen LogP contribution is -2.23. The van der Waals surface area contributed by atoms with Gasteiger partial charge in [-0.05, 0) is 60.4 Å². The molecule has 0 N–H and O–H groups in total. The molecule has 0 aliphatic rings. The van der Waals surface area contributed by atoms with E-state index in [1.54, 1.807) is 0 Å². The first kappa shape index (κ1) is 37.5. The van der Waals surface area contributed by atoms with Gasteiger partial charge in [-0.3, -0.25) is 0 Å². The summed E-state index contributed by atoms with van der Waals surface area (Å²) in [6.45, 7) is 2.11. The van der Waals surface area contributed by atoms with Gasteiger partial charge in [-0.25, -0.2) is 17.6 Å². The second-order valence-corrected chi connectivity index (χ2v) is 11.4. The molecule has 0 bridgehead atoms. The highest BCUT2D eigenvalue weighted by molar-refractivity contribution is 5.66. The summed E-state index contributed by atoms with van der Waals surface area (Å²) in [5.41, 5.74) is -4.33. The molecular weight excluding hydrogens is 673 g/mol. The zero-order chi connectivity index (χ0) is 36.0. The molecule has 4 rings (SSSR count). The molecule has 4 aromatic rings. The second-order valence-electron chi connectivity index (χ2n) is 11.4. The third-order valence-electron chi connectivity index (χ3n) is 7.68. The lowest BCUT2D eigenvalue weighted by molar-refractivity contribution is -0.187. The van der Waals surface area contributed by atoms with Crippen molar-refractivity contribution in [3.8, 4) is 22.6 Å². The number of halogens is 11. The summed E-state index contributed by atoms with van der Waals surface area (Å²) < 4.78 is 165. The lowest BCUT2D eigenvalue weighted by atomic mass is 10.0. The number of hydrogen-bond acceptors (Lipinski definition) is 2. The molecule has 49 heavy (non-hydrogen) atoms. The van der Waals surface area contributed by atoms with Crippen LogP contribution < -0.4 is 9.47 Å². The molecule has 4 aromatic carbocycles. The van der Waals surface area contributed by atoms with E-state index in [0.29, 0.717) is 42.3 Å². The van der Waals surface area contributed by atoms with Gasteiger partial charge in [0.15, 0.2) is 0 Å². The van der Waals surface area contributed by atoms with Crippen molar-refractivity contribution in [3.63, 3.8) is 0 Å². The van der Waals surface area contributed by atoms with E-state index in [0.717, 1.165) is 69.2 Å². The minimum absolute atomic E-state index is 0.129. The van der Waals surface area contributed by atoms with Crippen molar-refractivity contribution in [2.45, 2.75) is 76.7 Å². The Bertz CT molecular complexity index is 1690. The number of alkyl halides is 7. The Morgan fingerprint density at radius 3 is 1.61 bits per heavy atom. The van der Waals surface area contributed by atoms with Gasteiger partial charge in [-0.15, -0.1) is 0 Å². The summed E-state index contributed by atoms with van der Waals surface area (Å²) in [7, 11) is 0. The summed E-state index contributed by atoms with van der Waals surface area (Å²) in [5, 5.41) is 0. The summed E-state index contributed by atoms with van der Waals surface area (Å²) in [5.74, 6) is -7.82. The van der Waals surface area contributed by atoms with Gasteiger partial charge in [-0.1, -0.05) is 63.6 Å². The molecule has 0 fully saturated rings. The van der Waals surface area contributed by atoms with Crippen LogP contribution in [0.5, 0.6) is 11.5 Å². The number of benzene rings is 4. The summed E-state index contributed by atoms with van der Waals surface area (Å²) in [6.07, 6.45) is -5.90. The van der Waals surface area contributed by atoms with Gasteiger partial charge in [0.05, 0.1) is 22.3 Å². The highest BCUT2D eigenvalue weighted by Gasteiger charge is 2.39. The summed E-state index contributed by atoms with van der Waals surface area (Å²) >= 11 is 0. The highest BCUT2D eigenvalue weighted by Crippen LogP contribution is 2.39. The zero-order valence-electron chi connectivity index (χ0n) is 26.1. The van der Waals surface area contributed by atoms with Crippen molar-refractivity contribution in [1.29, 1.82) is 0 Å². The second kappa shape index (κ2) is 15.5. The van der Waals surface area contributed by atoms with Crippen LogP contribution in [0.3, 0.4) is 0 Å². The Labute approximate surface area is 275 Å². The normalized spacial score (nSPS) is 12.3. The monoisotopic (exact) mass is 704 g/mol. The first-order chi connectivity index (χ1) is 23.0. The fraction of sp³-hybridized carbons (Fsp3) is 0.333. The van der Waals surface area contributed by atoms with Gasteiger partial charge in [0.25, 0.3) is 0 Å². The van der Waals surface area contributed by atoms with Crippen molar-refractivity contribution in [3.05, 3.63) is 118 Å². The van der Waals surface area contributed by atoms with Crippen LogP contribution in [0.25, 0.3) is 11.1 Å². The van der Waals surface area contributed by atoms with Crippen molar-refractivity contribution < 1.29 is 57.8 Å². The first-order valence-electron chi connectivity index (χ1n) is 15.4. The van der Waals surface area contributed by atoms with Crippen molar-refractivity contribution in [2.24, 2.45) is 0 Å². The number of hydrogen-bond donors (Lipinski definition) is 0. The molecule has 0 radical (unpaired) electrons. The molecule has 0 aliphatic carbocycles. The Morgan fingerprint density at radius 1 is 0.510 bits per heavy atom. The van der Waals surface area contributed by atoms with E-state index in [9.17, 15) is 48.3 Å². The Kier molecular flexibility index (Phi) is 11.9.